The van der Waals surface area contributed by atoms with Crippen molar-refractivity contribution in [3.8, 4) is 11.6 Å². The van der Waals surface area contributed by atoms with Crippen LogP contribution in [0, 0.1) is 11.8 Å². The number of aromatic hydroxyl groups is 1. The molecule has 0 bridgehead atoms. The molecule has 138 valence electrons. The number of amides is 1. The van der Waals surface area contributed by atoms with E-state index >= 15 is 0 Å². The number of para-hydroxylation sites is 1. The van der Waals surface area contributed by atoms with E-state index in [9.17, 15) is 9.90 Å². The van der Waals surface area contributed by atoms with E-state index in [2.05, 4.69) is 10.3 Å². The number of rotatable bonds is 7. The van der Waals surface area contributed by atoms with Crippen molar-refractivity contribution in [2.24, 2.45) is 11.8 Å². The standard InChI is InChI=1S/C21H26N2O3/c24-20-14-18(10-12-22-20)21(25)23-15-17-8-6-16(7-9-17)11-13-26-19-4-2-1-3-5-19/h1-5,10,12,14,16-17H,6-9,11,13,15H2,(H,22,24)(H,23,25). The fourth-order valence-electron chi connectivity index (χ4n) is 3.48. The number of pyridine rings is 1. The lowest BCUT2D eigenvalue weighted by atomic mass is 9.80. The third-order valence-corrected chi connectivity index (χ3v) is 5.06. The molecule has 0 unspecified atom stereocenters. The Balaban J connectivity index is 1.33. The number of hydrogen-bond acceptors (Lipinski definition) is 4. The van der Waals surface area contributed by atoms with Crippen LogP contribution in [0.25, 0.3) is 0 Å². The number of nitrogens with zero attached hydrogens (tertiary/aromatic N) is 1. The highest BCUT2D eigenvalue weighted by molar-refractivity contribution is 5.94. The lowest BCUT2D eigenvalue weighted by Crippen LogP contribution is -2.31. The number of benzene rings is 1. The Labute approximate surface area is 154 Å². The summed E-state index contributed by atoms with van der Waals surface area (Å²) >= 11 is 0. The number of nitrogens with one attached hydrogen (secondary N) is 1. The first-order chi connectivity index (χ1) is 12.7. The predicted octanol–water partition coefficient (Wildman–Crippen LogP) is 3.79. The Morgan fingerprint density at radius 2 is 1.85 bits per heavy atom. The minimum absolute atomic E-state index is 0.129. The van der Waals surface area contributed by atoms with Crippen molar-refractivity contribution in [3.05, 3.63) is 54.2 Å². The smallest absolute Gasteiger partial charge is 0.251 e. The fourth-order valence-corrected chi connectivity index (χ4v) is 3.48. The van der Waals surface area contributed by atoms with Crippen LogP contribution in [0.15, 0.2) is 48.7 Å². The molecule has 1 fully saturated rings. The largest absolute Gasteiger partial charge is 0.494 e. The first-order valence-electron chi connectivity index (χ1n) is 9.32. The van der Waals surface area contributed by atoms with Crippen molar-refractivity contribution in [3.63, 3.8) is 0 Å². The summed E-state index contributed by atoms with van der Waals surface area (Å²) in [5, 5.41) is 12.3. The van der Waals surface area contributed by atoms with E-state index in [1.54, 1.807) is 6.07 Å². The van der Waals surface area contributed by atoms with E-state index in [0.29, 0.717) is 23.9 Å². The fraction of sp³-hybridized carbons (Fsp3) is 0.429. The third kappa shape index (κ3) is 5.48. The Morgan fingerprint density at radius 3 is 2.58 bits per heavy atom. The Morgan fingerprint density at radius 1 is 1.12 bits per heavy atom. The summed E-state index contributed by atoms with van der Waals surface area (Å²) in [6, 6.07) is 12.9. The summed E-state index contributed by atoms with van der Waals surface area (Å²) < 4.78 is 5.79. The maximum Gasteiger partial charge on any atom is 0.251 e. The molecular formula is C21H26N2O3. The molecule has 1 aromatic carbocycles. The zero-order valence-corrected chi connectivity index (χ0v) is 14.9. The maximum atomic E-state index is 12.1. The molecule has 5 heteroatoms. The molecule has 0 spiro atoms. The highest BCUT2D eigenvalue weighted by Gasteiger charge is 2.21. The van der Waals surface area contributed by atoms with Gasteiger partial charge in [-0.1, -0.05) is 18.2 Å². The summed E-state index contributed by atoms with van der Waals surface area (Å²) in [7, 11) is 0. The van der Waals surface area contributed by atoms with Crippen molar-refractivity contribution in [1.82, 2.24) is 10.3 Å². The molecule has 0 aliphatic heterocycles. The van der Waals surface area contributed by atoms with E-state index in [1.165, 1.54) is 25.1 Å². The lowest BCUT2D eigenvalue weighted by molar-refractivity contribution is 0.0940. The first kappa shape index (κ1) is 18.2. The molecule has 26 heavy (non-hydrogen) atoms. The van der Waals surface area contributed by atoms with Crippen LogP contribution < -0.4 is 10.1 Å². The number of carbonyl (C=O) groups is 1. The van der Waals surface area contributed by atoms with E-state index in [1.807, 2.05) is 30.3 Å². The first-order valence-corrected chi connectivity index (χ1v) is 9.32. The van der Waals surface area contributed by atoms with Crippen LogP contribution in [-0.4, -0.2) is 29.1 Å². The van der Waals surface area contributed by atoms with Crippen molar-refractivity contribution >= 4 is 5.91 Å². The second-order valence-corrected chi connectivity index (χ2v) is 6.95. The molecule has 1 amide bonds. The lowest BCUT2D eigenvalue weighted by Gasteiger charge is -2.28. The van der Waals surface area contributed by atoms with Crippen LogP contribution in [0.5, 0.6) is 11.6 Å². The second kappa shape index (κ2) is 9.22. The number of hydrogen-bond donors (Lipinski definition) is 2. The molecule has 2 aromatic rings. The zero-order valence-electron chi connectivity index (χ0n) is 14.9. The molecule has 0 atom stereocenters. The van der Waals surface area contributed by atoms with Gasteiger partial charge in [-0.05, 0) is 62.1 Å². The second-order valence-electron chi connectivity index (χ2n) is 6.95. The number of carbonyl (C=O) groups excluding carboxylic acids is 1. The van der Waals surface area contributed by atoms with Crippen molar-refractivity contribution in [1.29, 1.82) is 0 Å². The number of aromatic nitrogens is 1. The molecule has 1 aliphatic rings. The van der Waals surface area contributed by atoms with Gasteiger partial charge < -0.3 is 15.2 Å². The molecule has 1 aromatic heterocycles. The van der Waals surface area contributed by atoms with E-state index in [0.717, 1.165) is 31.6 Å². The Kier molecular flexibility index (Phi) is 6.47. The quantitative estimate of drug-likeness (QED) is 0.793. The minimum atomic E-state index is -0.152. The molecule has 1 aliphatic carbocycles. The van der Waals surface area contributed by atoms with Gasteiger partial charge in [0.2, 0.25) is 5.88 Å². The van der Waals surface area contributed by atoms with Gasteiger partial charge in [0.05, 0.1) is 6.61 Å². The Hall–Kier alpha value is -2.56. The summed E-state index contributed by atoms with van der Waals surface area (Å²) in [6.45, 7) is 1.46. The zero-order chi connectivity index (χ0) is 18.2. The van der Waals surface area contributed by atoms with Gasteiger partial charge in [0.15, 0.2) is 0 Å². The van der Waals surface area contributed by atoms with Crippen molar-refractivity contribution in [2.45, 2.75) is 32.1 Å². The van der Waals surface area contributed by atoms with Gasteiger partial charge in [0, 0.05) is 24.4 Å². The highest BCUT2D eigenvalue weighted by atomic mass is 16.5. The van der Waals surface area contributed by atoms with E-state index in [-0.39, 0.29) is 11.8 Å². The molecule has 0 saturated heterocycles. The molecule has 1 saturated carbocycles. The Bertz CT molecular complexity index is 697. The maximum absolute atomic E-state index is 12.1. The molecule has 2 N–H and O–H groups in total. The van der Waals surface area contributed by atoms with Gasteiger partial charge in [0.25, 0.3) is 5.91 Å². The monoisotopic (exact) mass is 354 g/mol. The third-order valence-electron chi connectivity index (χ3n) is 5.06. The van der Waals surface area contributed by atoms with Crippen molar-refractivity contribution < 1.29 is 14.6 Å². The molecule has 1 heterocycles. The summed E-state index contributed by atoms with van der Waals surface area (Å²) in [4.78, 5) is 15.8. The molecular weight excluding hydrogens is 328 g/mol. The van der Waals surface area contributed by atoms with Crippen LogP contribution >= 0.6 is 0 Å². The SMILES string of the molecule is O=C(NCC1CCC(CCOc2ccccc2)CC1)c1ccnc(O)c1. The molecule has 3 rings (SSSR count). The van der Waals surface area contributed by atoms with Gasteiger partial charge >= 0.3 is 0 Å². The van der Waals surface area contributed by atoms with Gasteiger partial charge in [0.1, 0.15) is 5.75 Å². The van der Waals surface area contributed by atoms with Crippen LogP contribution in [0.4, 0.5) is 0 Å². The van der Waals surface area contributed by atoms with Crippen LogP contribution in [0.3, 0.4) is 0 Å². The van der Waals surface area contributed by atoms with Crippen molar-refractivity contribution in [2.75, 3.05) is 13.2 Å². The van der Waals surface area contributed by atoms with Gasteiger partial charge in [-0.25, -0.2) is 4.98 Å². The number of ether oxygens (including phenoxy) is 1. The van der Waals surface area contributed by atoms with Gasteiger partial charge in [-0.2, -0.15) is 0 Å². The normalized spacial score (nSPS) is 19.7. The van der Waals surface area contributed by atoms with E-state index in [4.69, 9.17) is 4.74 Å². The van der Waals surface area contributed by atoms with Crippen LogP contribution in [0.1, 0.15) is 42.5 Å². The molecule has 5 nitrogen and oxygen atoms in total. The van der Waals surface area contributed by atoms with Gasteiger partial charge in [-0.15, -0.1) is 0 Å². The predicted molar refractivity (Wildman–Crippen MR) is 100 cm³/mol. The van der Waals surface area contributed by atoms with Crippen LogP contribution in [-0.2, 0) is 0 Å². The van der Waals surface area contributed by atoms with E-state index < -0.39 is 0 Å². The topological polar surface area (TPSA) is 71.5 Å². The average Bonchev–Trinajstić information content (AvgIpc) is 2.68. The average molecular weight is 354 g/mol. The summed E-state index contributed by atoms with van der Waals surface area (Å²) in [6.07, 6.45) is 7.18. The summed E-state index contributed by atoms with van der Waals surface area (Å²) in [5.74, 6) is 1.89. The van der Waals surface area contributed by atoms with Gasteiger partial charge in [-0.3, -0.25) is 4.79 Å². The van der Waals surface area contributed by atoms with Crippen LogP contribution in [0.2, 0.25) is 0 Å². The molecule has 0 radical (unpaired) electrons. The highest BCUT2D eigenvalue weighted by Crippen LogP contribution is 2.30. The summed E-state index contributed by atoms with van der Waals surface area (Å²) in [5.41, 5.74) is 0.448. The minimum Gasteiger partial charge on any atom is -0.494 e.